The Morgan fingerprint density at radius 3 is 3.00 bits per heavy atom. The molecule has 0 aliphatic carbocycles. The highest BCUT2D eigenvalue weighted by Gasteiger charge is 1.97. The molecular formula is C9H13N3O2. The van der Waals surface area contributed by atoms with E-state index in [-0.39, 0.29) is 0 Å². The number of amides is 1. The molecule has 0 aromatic carbocycles. The van der Waals surface area contributed by atoms with E-state index in [0.29, 0.717) is 13.0 Å². The summed E-state index contributed by atoms with van der Waals surface area (Å²) in [5, 5.41) is 13.6. The lowest BCUT2D eigenvalue weighted by atomic mass is 10.2. The fraction of sp³-hybridized carbons (Fsp3) is 0.333. The highest BCUT2D eigenvalue weighted by atomic mass is 16.4. The van der Waals surface area contributed by atoms with Crippen LogP contribution in [0.3, 0.4) is 0 Å². The molecule has 0 fully saturated rings. The van der Waals surface area contributed by atoms with E-state index in [1.54, 1.807) is 7.05 Å². The molecule has 1 heterocycles. The zero-order valence-electron chi connectivity index (χ0n) is 7.95. The minimum Gasteiger partial charge on any atom is -0.465 e. The zero-order valence-corrected chi connectivity index (χ0v) is 7.95. The van der Waals surface area contributed by atoms with Crippen LogP contribution in [0.2, 0.25) is 0 Å². The number of pyridine rings is 1. The summed E-state index contributed by atoms with van der Waals surface area (Å²) in [6.07, 6.45) is -0.406. The number of anilines is 1. The number of hydrogen-bond donors (Lipinski definition) is 3. The first-order valence-electron chi connectivity index (χ1n) is 4.33. The standard InChI is InChI=1S/C9H13N3O2/c1-10-8-4-2-3-7(12-8)5-6-11-9(13)14/h2-4,11H,5-6H2,1H3,(H,10,12)(H,13,14). The van der Waals surface area contributed by atoms with Crippen molar-refractivity contribution in [2.24, 2.45) is 0 Å². The number of nitrogens with zero attached hydrogens (tertiary/aromatic N) is 1. The van der Waals surface area contributed by atoms with E-state index < -0.39 is 6.09 Å². The molecule has 0 saturated carbocycles. The predicted octanol–water partition coefficient (Wildman–Crippen LogP) is 0.933. The topological polar surface area (TPSA) is 74.2 Å². The van der Waals surface area contributed by atoms with Crippen LogP contribution >= 0.6 is 0 Å². The molecule has 0 aliphatic heterocycles. The number of nitrogens with one attached hydrogen (secondary N) is 2. The van der Waals surface area contributed by atoms with Gasteiger partial charge in [-0.1, -0.05) is 6.07 Å². The second kappa shape index (κ2) is 5.06. The lowest BCUT2D eigenvalue weighted by Gasteiger charge is -2.03. The van der Waals surface area contributed by atoms with Crippen LogP contribution in [-0.4, -0.2) is 29.8 Å². The number of aromatic nitrogens is 1. The van der Waals surface area contributed by atoms with E-state index in [2.05, 4.69) is 15.6 Å². The van der Waals surface area contributed by atoms with Gasteiger partial charge in [-0.2, -0.15) is 0 Å². The molecule has 3 N–H and O–H groups in total. The van der Waals surface area contributed by atoms with Gasteiger partial charge in [0.2, 0.25) is 0 Å². The minimum absolute atomic E-state index is 0.384. The largest absolute Gasteiger partial charge is 0.465 e. The lowest BCUT2D eigenvalue weighted by Crippen LogP contribution is -2.23. The van der Waals surface area contributed by atoms with E-state index in [9.17, 15) is 4.79 Å². The molecule has 0 bridgehead atoms. The molecule has 5 heteroatoms. The van der Waals surface area contributed by atoms with Crippen LogP contribution in [-0.2, 0) is 6.42 Å². The molecular weight excluding hydrogens is 182 g/mol. The molecule has 1 aromatic rings. The van der Waals surface area contributed by atoms with Gasteiger partial charge in [0.1, 0.15) is 5.82 Å². The van der Waals surface area contributed by atoms with Gasteiger partial charge >= 0.3 is 6.09 Å². The van der Waals surface area contributed by atoms with Crippen molar-refractivity contribution in [1.82, 2.24) is 10.3 Å². The highest BCUT2D eigenvalue weighted by Crippen LogP contribution is 2.03. The number of hydrogen-bond acceptors (Lipinski definition) is 3. The van der Waals surface area contributed by atoms with Gasteiger partial charge in [0, 0.05) is 25.7 Å². The summed E-state index contributed by atoms with van der Waals surface area (Å²) in [6, 6.07) is 5.60. The van der Waals surface area contributed by atoms with Crippen molar-refractivity contribution in [3.63, 3.8) is 0 Å². The van der Waals surface area contributed by atoms with Gasteiger partial charge in [0.05, 0.1) is 0 Å². The van der Waals surface area contributed by atoms with E-state index in [1.165, 1.54) is 0 Å². The maximum Gasteiger partial charge on any atom is 0.404 e. The van der Waals surface area contributed by atoms with Crippen LogP contribution in [0, 0.1) is 0 Å². The Labute approximate surface area is 82.2 Å². The molecule has 0 saturated heterocycles. The van der Waals surface area contributed by atoms with Crippen molar-refractivity contribution in [3.05, 3.63) is 23.9 Å². The number of carboxylic acid groups (broad SMARTS) is 1. The van der Waals surface area contributed by atoms with E-state index in [0.717, 1.165) is 11.5 Å². The van der Waals surface area contributed by atoms with Gasteiger partial charge in [0.15, 0.2) is 0 Å². The molecule has 0 radical (unpaired) electrons. The van der Waals surface area contributed by atoms with E-state index in [1.807, 2.05) is 18.2 Å². The average molecular weight is 195 g/mol. The summed E-state index contributed by atoms with van der Waals surface area (Å²) in [6.45, 7) is 0.384. The molecule has 76 valence electrons. The van der Waals surface area contributed by atoms with Crippen molar-refractivity contribution < 1.29 is 9.90 Å². The SMILES string of the molecule is CNc1cccc(CCNC(=O)O)n1. The smallest absolute Gasteiger partial charge is 0.404 e. The summed E-state index contributed by atoms with van der Waals surface area (Å²) < 4.78 is 0. The Bertz CT molecular complexity index is 315. The summed E-state index contributed by atoms with van der Waals surface area (Å²) in [5.41, 5.74) is 0.866. The molecule has 14 heavy (non-hydrogen) atoms. The van der Waals surface area contributed by atoms with Crippen LogP contribution < -0.4 is 10.6 Å². The van der Waals surface area contributed by atoms with Crippen molar-refractivity contribution in [2.45, 2.75) is 6.42 Å². The Morgan fingerprint density at radius 2 is 2.36 bits per heavy atom. The quantitative estimate of drug-likeness (QED) is 0.668. The van der Waals surface area contributed by atoms with Crippen LogP contribution in [0.5, 0.6) is 0 Å². The number of rotatable bonds is 4. The lowest BCUT2D eigenvalue weighted by molar-refractivity contribution is 0.194. The monoisotopic (exact) mass is 195 g/mol. The van der Waals surface area contributed by atoms with Gasteiger partial charge in [0.25, 0.3) is 0 Å². The summed E-state index contributed by atoms with van der Waals surface area (Å²) >= 11 is 0. The maximum absolute atomic E-state index is 10.2. The maximum atomic E-state index is 10.2. The highest BCUT2D eigenvalue weighted by molar-refractivity contribution is 5.64. The molecule has 0 aliphatic rings. The second-order valence-corrected chi connectivity index (χ2v) is 2.75. The van der Waals surface area contributed by atoms with E-state index in [4.69, 9.17) is 5.11 Å². The first-order chi connectivity index (χ1) is 6.72. The summed E-state index contributed by atoms with van der Waals surface area (Å²) in [7, 11) is 1.79. The molecule has 5 nitrogen and oxygen atoms in total. The molecule has 1 aromatic heterocycles. The molecule has 0 atom stereocenters. The Balaban J connectivity index is 2.46. The fourth-order valence-corrected chi connectivity index (χ4v) is 1.06. The van der Waals surface area contributed by atoms with Crippen LogP contribution in [0.15, 0.2) is 18.2 Å². The fourth-order valence-electron chi connectivity index (χ4n) is 1.06. The van der Waals surface area contributed by atoms with Crippen LogP contribution in [0.4, 0.5) is 10.6 Å². The average Bonchev–Trinajstić information content (AvgIpc) is 2.18. The second-order valence-electron chi connectivity index (χ2n) is 2.75. The van der Waals surface area contributed by atoms with Crippen LogP contribution in [0.25, 0.3) is 0 Å². The van der Waals surface area contributed by atoms with Gasteiger partial charge in [-0.25, -0.2) is 9.78 Å². The third-order valence-electron chi connectivity index (χ3n) is 1.72. The van der Waals surface area contributed by atoms with Gasteiger partial charge in [-0.05, 0) is 12.1 Å². The van der Waals surface area contributed by atoms with Crippen molar-refractivity contribution >= 4 is 11.9 Å². The van der Waals surface area contributed by atoms with Crippen molar-refractivity contribution in [1.29, 1.82) is 0 Å². The Hall–Kier alpha value is -1.78. The molecule has 1 amide bonds. The first kappa shape index (κ1) is 10.3. The third kappa shape index (κ3) is 3.30. The van der Waals surface area contributed by atoms with E-state index >= 15 is 0 Å². The Kier molecular flexibility index (Phi) is 3.72. The van der Waals surface area contributed by atoms with Crippen molar-refractivity contribution in [2.75, 3.05) is 18.9 Å². The van der Waals surface area contributed by atoms with Gasteiger partial charge < -0.3 is 15.7 Å². The third-order valence-corrected chi connectivity index (χ3v) is 1.72. The molecule has 1 rings (SSSR count). The summed E-state index contributed by atoms with van der Waals surface area (Å²) in [5.74, 6) is 0.790. The molecule has 0 unspecified atom stereocenters. The minimum atomic E-state index is -1.00. The molecule has 0 spiro atoms. The Morgan fingerprint density at radius 1 is 1.57 bits per heavy atom. The zero-order chi connectivity index (χ0) is 10.4. The van der Waals surface area contributed by atoms with Gasteiger partial charge in [-0.15, -0.1) is 0 Å². The van der Waals surface area contributed by atoms with Crippen LogP contribution in [0.1, 0.15) is 5.69 Å². The first-order valence-corrected chi connectivity index (χ1v) is 4.33. The number of carbonyl (C=O) groups is 1. The normalized spacial score (nSPS) is 9.50. The van der Waals surface area contributed by atoms with Crippen molar-refractivity contribution in [3.8, 4) is 0 Å². The summed E-state index contributed by atoms with van der Waals surface area (Å²) in [4.78, 5) is 14.4. The van der Waals surface area contributed by atoms with Gasteiger partial charge in [-0.3, -0.25) is 0 Å². The predicted molar refractivity (Wildman–Crippen MR) is 53.5 cm³/mol.